The molecule has 1 aliphatic heterocycles. The molecule has 1 aliphatic carbocycles. The molecule has 1 saturated carbocycles. The number of sulfonamides is 1. The zero-order valence-corrected chi connectivity index (χ0v) is 15.5. The maximum atomic E-state index is 12.9. The number of morpholine rings is 1. The zero-order chi connectivity index (χ0) is 17.2. The molecule has 1 saturated heterocycles. The van der Waals surface area contributed by atoms with Gasteiger partial charge in [-0.1, -0.05) is 12.1 Å². The fourth-order valence-electron chi connectivity index (χ4n) is 2.92. The van der Waals surface area contributed by atoms with Crippen LogP contribution in [-0.2, 0) is 14.8 Å². The molecule has 2 aliphatic rings. The normalized spacial score (nSPS) is 19.7. The summed E-state index contributed by atoms with van der Waals surface area (Å²) in [6.07, 6.45) is 2.10. The lowest BCUT2D eigenvalue weighted by molar-refractivity contribution is 0.0729. The molecule has 140 valence electrons. The molecular formula is C16H24ClN3O4S. The fraction of sp³-hybridized carbons (Fsp3) is 0.562. The summed E-state index contributed by atoms with van der Waals surface area (Å²) < 4.78 is 32.3. The van der Waals surface area contributed by atoms with E-state index in [4.69, 9.17) is 10.5 Å². The molecule has 0 bridgehead atoms. The number of halogens is 1. The number of hydrogen-bond acceptors (Lipinski definition) is 5. The van der Waals surface area contributed by atoms with E-state index in [9.17, 15) is 13.2 Å². The van der Waals surface area contributed by atoms with Crippen LogP contribution in [-0.4, -0.2) is 57.5 Å². The van der Waals surface area contributed by atoms with E-state index in [1.54, 1.807) is 18.2 Å². The molecule has 9 heteroatoms. The molecule has 7 nitrogen and oxygen atoms in total. The lowest BCUT2D eigenvalue weighted by Gasteiger charge is -2.27. The summed E-state index contributed by atoms with van der Waals surface area (Å²) in [6.45, 7) is 1.68. The van der Waals surface area contributed by atoms with Crippen molar-refractivity contribution in [3.8, 4) is 0 Å². The SMILES string of the molecule is Cl.NCC(NC(=O)c1ccccc1S(=O)(=O)N1CCOCC1)C1CC1. The van der Waals surface area contributed by atoms with Gasteiger partial charge in [0.25, 0.3) is 5.91 Å². The Morgan fingerprint density at radius 2 is 1.92 bits per heavy atom. The third kappa shape index (κ3) is 4.51. The van der Waals surface area contributed by atoms with Gasteiger partial charge in [-0.15, -0.1) is 12.4 Å². The third-order valence-electron chi connectivity index (χ3n) is 4.48. The minimum absolute atomic E-state index is 0. The molecule has 1 unspecified atom stereocenters. The van der Waals surface area contributed by atoms with E-state index in [2.05, 4.69) is 5.32 Å². The first-order chi connectivity index (χ1) is 11.5. The fourth-order valence-corrected chi connectivity index (χ4v) is 4.52. The van der Waals surface area contributed by atoms with Gasteiger partial charge in [0.15, 0.2) is 0 Å². The average Bonchev–Trinajstić information content (AvgIpc) is 3.45. The highest BCUT2D eigenvalue weighted by Gasteiger charge is 2.34. The first kappa shape index (κ1) is 20.1. The second-order valence-corrected chi connectivity index (χ2v) is 8.07. The topological polar surface area (TPSA) is 102 Å². The Hall–Kier alpha value is -1.19. The van der Waals surface area contributed by atoms with E-state index in [-0.39, 0.29) is 34.8 Å². The van der Waals surface area contributed by atoms with Crippen LogP contribution in [0.2, 0.25) is 0 Å². The van der Waals surface area contributed by atoms with Gasteiger partial charge in [-0.25, -0.2) is 8.42 Å². The van der Waals surface area contributed by atoms with Crippen molar-refractivity contribution in [2.45, 2.75) is 23.8 Å². The van der Waals surface area contributed by atoms with Crippen molar-refractivity contribution in [2.75, 3.05) is 32.8 Å². The molecule has 1 amide bonds. The smallest absolute Gasteiger partial charge is 0.252 e. The number of carbonyl (C=O) groups excluding carboxylic acids is 1. The second-order valence-electron chi connectivity index (χ2n) is 6.17. The summed E-state index contributed by atoms with van der Waals surface area (Å²) in [5.41, 5.74) is 5.90. The summed E-state index contributed by atoms with van der Waals surface area (Å²) in [4.78, 5) is 12.7. The summed E-state index contributed by atoms with van der Waals surface area (Å²) in [5.74, 6) is 0.0201. The van der Waals surface area contributed by atoms with E-state index in [0.29, 0.717) is 38.8 Å². The average molecular weight is 390 g/mol. The number of ether oxygens (including phenoxy) is 1. The summed E-state index contributed by atoms with van der Waals surface area (Å²) in [7, 11) is -3.72. The Kier molecular flexibility index (Phi) is 6.81. The Bertz CT molecular complexity index is 703. The predicted molar refractivity (Wildman–Crippen MR) is 96.3 cm³/mol. The van der Waals surface area contributed by atoms with Crippen LogP contribution in [0.15, 0.2) is 29.2 Å². The number of nitrogens with two attached hydrogens (primary N) is 1. The minimum Gasteiger partial charge on any atom is -0.379 e. The van der Waals surface area contributed by atoms with Gasteiger partial charge < -0.3 is 15.8 Å². The van der Waals surface area contributed by atoms with Crippen molar-refractivity contribution >= 4 is 28.3 Å². The van der Waals surface area contributed by atoms with Crippen molar-refractivity contribution in [3.63, 3.8) is 0 Å². The quantitative estimate of drug-likeness (QED) is 0.741. The molecule has 0 aromatic heterocycles. The molecule has 2 fully saturated rings. The highest BCUT2D eigenvalue weighted by atomic mass is 35.5. The van der Waals surface area contributed by atoms with Crippen LogP contribution in [0.25, 0.3) is 0 Å². The lowest BCUT2D eigenvalue weighted by atomic mass is 10.1. The monoisotopic (exact) mass is 389 g/mol. The molecule has 1 aromatic carbocycles. The molecule has 1 aromatic rings. The molecule has 25 heavy (non-hydrogen) atoms. The van der Waals surface area contributed by atoms with Gasteiger partial charge in [0.2, 0.25) is 10.0 Å². The summed E-state index contributed by atoms with van der Waals surface area (Å²) in [5, 5.41) is 2.89. The Morgan fingerprint density at radius 1 is 1.28 bits per heavy atom. The number of hydrogen-bond donors (Lipinski definition) is 2. The van der Waals surface area contributed by atoms with Crippen LogP contribution in [0, 0.1) is 5.92 Å². The van der Waals surface area contributed by atoms with Gasteiger partial charge in [-0.2, -0.15) is 4.31 Å². The highest BCUT2D eigenvalue weighted by Crippen LogP contribution is 2.32. The van der Waals surface area contributed by atoms with Gasteiger partial charge in [-0.05, 0) is 30.9 Å². The second kappa shape index (κ2) is 8.46. The van der Waals surface area contributed by atoms with Crippen molar-refractivity contribution in [3.05, 3.63) is 29.8 Å². The van der Waals surface area contributed by atoms with E-state index in [1.165, 1.54) is 10.4 Å². The molecular weight excluding hydrogens is 366 g/mol. The van der Waals surface area contributed by atoms with Gasteiger partial charge in [-0.3, -0.25) is 4.79 Å². The standard InChI is InChI=1S/C16H23N3O4S.ClH/c17-11-14(12-5-6-12)18-16(20)13-3-1-2-4-15(13)24(21,22)19-7-9-23-10-8-19;/h1-4,12,14H,5-11,17H2,(H,18,20);1H. The van der Waals surface area contributed by atoms with E-state index < -0.39 is 10.0 Å². The Morgan fingerprint density at radius 3 is 2.52 bits per heavy atom. The van der Waals surface area contributed by atoms with Crippen LogP contribution in [0.4, 0.5) is 0 Å². The van der Waals surface area contributed by atoms with Crippen LogP contribution in [0.3, 0.4) is 0 Å². The molecule has 0 radical (unpaired) electrons. The first-order valence-corrected chi connectivity index (χ1v) is 9.66. The number of rotatable bonds is 6. The predicted octanol–water partition coefficient (Wildman–Crippen LogP) is 0.596. The molecule has 0 spiro atoms. The summed E-state index contributed by atoms with van der Waals surface area (Å²) >= 11 is 0. The highest BCUT2D eigenvalue weighted by molar-refractivity contribution is 7.89. The summed E-state index contributed by atoms with van der Waals surface area (Å²) in [6, 6.07) is 6.22. The van der Waals surface area contributed by atoms with E-state index in [0.717, 1.165) is 12.8 Å². The number of benzene rings is 1. The molecule has 3 rings (SSSR count). The van der Waals surface area contributed by atoms with Gasteiger partial charge in [0, 0.05) is 25.7 Å². The van der Waals surface area contributed by atoms with Crippen LogP contribution < -0.4 is 11.1 Å². The number of nitrogens with zero attached hydrogens (tertiary/aromatic N) is 1. The lowest BCUT2D eigenvalue weighted by Crippen LogP contribution is -2.43. The van der Waals surface area contributed by atoms with E-state index in [1.807, 2.05) is 0 Å². The number of nitrogens with one attached hydrogen (secondary N) is 1. The van der Waals surface area contributed by atoms with Crippen molar-refractivity contribution < 1.29 is 17.9 Å². The van der Waals surface area contributed by atoms with Crippen molar-refractivity contribution in [2.24, 2.45) is 11.7 Å². The third-order valence-corrected chi connectivity index (χ3v) is 6.44. The zero-order valence-electron chi connectivity index (χ0n) is 13.9. The largest absolute Gasteiger partial charge is 0.379 e. The van der Waals surface area contributed by atoms with Gasteiger partial charge in [0.05, 0.1) is 23.7 Å². The molecule has 1 heterocycles. The van der Waals surface area contributed by atoms with E-state index >= 15 is 0 Å². The molecule has 1 atom stereocenters. The Labute approximate surface area is 154 Å². The van der Waals surface area contributed by atoms with Crippen molar-refractivity contribution in [1.29, 1.82) is 0 Å². The van der Waals surface area contributed by atoms with Gasteiger partial charge >= 0.3 is 0 Å². The number of amides is 1. The number of carbonyl (C=O) groups is 1. The van der Waals surface area contributed by atoms with Crippen LogP contribution in [0.1, 0.15) is 23.2 Å². The Balaban J connectivity index is 0.00000225. The van der Waals surface area contributed by atoms with Crippen molar-refractivity contribution in [1.82, 2.24) is 9.62 Å². The van der Waals surface area contributed by atoms with Crippen LogP contribution >= 0.6 is 12.4 Å². The van der Waals surface area contributed by atoms with Crippen LogP contribution in [0.5, 0.6) is 0 Å². The first-order valence-electron chi connectivity index (χ1n) is 8.22. The minimum atomic E-state index is -3.72. The van der Waals surface area contributed by atoms with Gasteiger partial charge in [0.1, 0.15) is 0 Å². The maximum Gasteiger partial charge on any atom is 0.252 e. The molecule has 3 N–H and O–H groups in total. The maximum absolute atomic E-state index is 12.9.